The van der Waals surface area contributed by atoms with Crippen LogP contribution in [0.1, 0.15) is 25.6 Å². The average Bonchev–Trinajstić information content (AvgIpc) is 2.68. The van der Waals surface area contributed by atoms with Gasteiger partial charge in [-0.25, -0.2) is 4.39 Å². The standard InChI is InChI=1S/C13H17FN2/c1-4-16-12(9(2)15-3)8-10-6-5-7-11(14)13(10)16/h5-9,15H,4H2,1-3H3. The largest absolute Gasteiger partial charge is 0.341 e. The summed E-state index contributed by atoms with van der Waals surface area (Å²) in [5.41, 5.74) is 1.84. The van der Waals surface area contributed by atoms with Gasteiger partial charge in [0.15, 0.2) is 0 Å². The molecule has 0 aliphatic carbocycles. The molecule has 2 rings (SSSR count). The highest BCUT2D eigenvalue weighted by molar-refractivity contribution is 5.82. The maximum absolute atomic E-state index is 13.8. The number of halogens is 1. The van der Waals surface area contributed by atoms with Crippen LogP contribution >= 0.6 is 0 Å². The van der Waals surface area contributed by atoms with E-state index >= 15 is 0 Å². The van der Waals surface area contributed by atoms with Gasteiger partial charge in [0, 0.05) is 23.7 Å². The first-order valence-electron chi connectivity index (χ1n) is 5.64. The summed E-state index contributed by atoms with van der Waals surface area (Å²) in [5, 5.41) is 4.16. The Bertz CT molecular complexity index is 502. The predicted molar refractivity (Wildman–Crippen MR) is 65.0 cm³/mol. The molecule has 1 heterocycles. The second-order valence-corrected chi connectivity index (χ2v) is 4.00. The molecule has 1 atom stereocenters. The molecule has 1 aromatic heterocycles. The molecule has 86 valence electrons. The Morgan fingerprint density at radius 3 is 2.81 bits per heavy atom. The van der Waals surface area contributed by atoms with Gasteiger partial charge in [0.2, 0.25) is 0 Å². The Morgan fingerprint density at radius 2 is 2.19 bits per heavy atom. The molecule has 0 aliphatic heterocycles. The molecule has 0 amide bonds. The first-order valence-corrected chi connectivity index (χ1v) is 5.64. The maximum atomic E-state index is 13.8. The summed E-state index contributed by atoms with van der Waals surface area (Å²) in [6, 6.07) is 7.51. The average molecular weight is 220 g/mol. The van der Waals surface area contributed by atoms with Crippen LogP contribution in [0.15, 0.2) is 24.3 Å². The van der Waals surface area contributed by atoms with Gasteiger partial charge in [-0.05, 0) is 33.0 Å². The molecule has 1 unspecified atom stereocenters. The van der Waals surface area contributed by atoms with Crippen molar-refractivity contribution < 1.29 is 4.39 Å². The van der Waals surface area contributed by atoms with Crippen LogP contribution < -0.4 is 5.32 Å². The van der Waals surface area contributed by atoms with Crippen molar-refractivity contribution in [1.29, 1.82) is 0 Å². The Labute approximate surface area is 95.1 Å². The van der Waals surface area contributed by atoms with Crippen LogP contribution in [0.4, 0.5) is 4.39 Å². The molecule has 1 aromatic carbocycles. The Kier molecular flexibility index (Phi) is 2.97. The van der Waals surface area contributed by atoms with Gasteiger partial charge in [0.05, 0.1) is 5.52 Å². The molecular formula is C13H17FN2. The topological polar surface area (TPSA) is 17.0 Å². The van der Waals surface area contributed by atoms with Crippen LogP contribution in [0.25, 0.3) is 10.9 Å². The second kappa shape index (κ2) is 4.26. The number of aryl methyl sites for hydroxylation is 1. The first-order chi connectivity index (χ1) is 7.69. The van der Waals surface area contributed by atoms with Crippen molar-refractivity contribution in [1.82, 2.24) is 9.88 Å². The van der Waals surface area contributed by atoms with Crippen molar-refractivity contribution in [3.05, 3.63) is 35.8 Å². The number of fused-ring (bicyclic) bond motifs is 1. The molecule has 3 heteroatoms. The fourth-order valence-electron chi connectivity index (χ4n) is 2.15. The fourth-order valence-corrected chi connectivity index (χ4v) is 2.15. The highest BCUT2D eigenvalue weighted by Crippen LogP contribution is 2.26. The lowest BCUT2D eigenvalue weighted by molar-refractivity contribution is 0.578. The lowest BCUT2D eigenvalue weighted by Crippen LogP contribution is -2.16. The van der Waals surface area contributed by atoms with Crippen molar-refractivity contribution in [2.75, 3.05) is 7.05 Å². The van der Waals surface area contributed by atoms with E-state index in [0.717, 1.165) is 17.6 Å². The van der Waals surface area contributed by atoms with Crippen molar-refractivity contribution in [3.8, 4) is 0 Å². The van der Waals surface area contributed by atoms with E-state index in [2.05, 4.69) is 18.3 Å². The van der Waals surface area contributed by atoms with Gasteiger partial charge in [-0.15, -0.1) is 0 Å². The van der Waals surface area contributed by atoms with E-state index in [1.807, 2.05) is 24.6 Å². The highest BCUT2D eigenvalue weighted by atomic mass is 19.1. The monoisotopic (exact) mass is 220 g/mol. The zero-order valence-electron chi connectivity index (χ0n) is 9.92. The number of aromatic nitrogens is 1. The van der Waals surface area contributed by atoms with E-state index in [4.69, 9.17) is 0 Å². The predicted octanol–water partition coefficient (Wildman–Crippen LogP) is 3.08. The smallest absolute Gasteiger partial charge is 0.147 e. The van der Waals surface area contributed by atoms with Crippen molar-refractivity contribution in [2.45, 2.75) is 26.4 Å². The summed E-state index contributed by atoms with van der Waals surface area (Å²) in [4.78, 5) is 0. The van der Waals surface area contributed by atoms with Gasteiger partial charge in [0.1, 0.15) is 5.82 Å². The van der Waals surface area contributed by atoms with Gasteiger partial charge in [-0.1, -0.05) is 12.1 Å². The van der Waals surface area contributed by atoms with Crippen LogP contribution in [0.2, 0.25) is 0 Å². The number of nitrogens with zero attached hydrogens (tertiary/aromatic N) is 1. The van der Waals surface area contributed by atoms with E-state index in [-0.39, 0.29) is 11.9 Å². The van der Waals surface area contributed by atoms with Gasteiger partial charge < -0.3 is 9.88 Å². The van der Waals surface area contributed by atoms with Gasteiger partial charge in [0.25, 0.3) is 0 Å². The molecule has 0 saturated heterocycles. The SMILES string of the molecule is CCn1c(C(C)NC)cc2cccc(F)c21. The Balaban J connectivity index is 2.72. The zero-order chi connectivity index (χ0) is 11.7. The lowest BCUT2D eigenvalue weighted by atomic mass is 10.2. The molecule has 2 aromatic rings. The third-order valence-electron chi connectivity index (χ3n) is 3.10. The highest BCUT2D eigenvalue weighted by Gasteiger charge is 2.14. The van der Waals surface area contributed by atoms with Crippen LogP contribution in [-0.4, -0.2) is 11.6 Å². The summed E-state index contributed by atoms with van der Waals surface area (Å²) in [7, 11) is 1.92. The summed E-state index contributed by atoms with van der Waals surface area (Å²) in [5.74, 6) is -0.145. The van der Waals surface area contributed by atoms with Gasteiger partial charge in [-0.3, -0.25) is 0 Å². The summed E-state index contributed by atoms with van der Waals surface area (Å²) in [6.07, 6.45) is 0. The van der Waals surface area contributed by atoms with E-state index in [0.29, 0.717) is 5.52 Å². The number of rotatable bonds is 3. The lowest BCUT2D eigenvalue weighted by Gasteiger charge is -2.14. The maximum Gasteiger partial charge on any atom is 0.147 e. The number of hydrogen-bond donors (Lipinski definition) is 1. The van der Waals surface area contributed by atoms with Crippen molar-refractivity contribution in [3.63, 3.8) is 0 Å². The number of para-hydroxylation sites is 1. The summed E-state index contributed by atoms with van der Waals surface area (Å²) in [6.45, 7) is 4.90. The number of hydrogen-bond acceptors (Lipinski definition) is 1. The van der Waals surface area contributed by atoms with Crippen LogP contribution in [0.3, 0.4) is 0 Å². The summed E-state index contributed by atoms with van der Waals surface area (Å²) >= 11 is 0. The van der Waals surface area contributed by atoms with E-state index in [1.165, 1.54) is 6.07 Å². The zero-order valence-corrected chi connectivity index (χ0v) is 9.92. The molecule has 1 N–H and O–H groups in total. The van der Waals surface area contributed by atoms with Gasteiger partial charge >= 0.3 is 0 Å². The third kappa shape index (κ3) is 1.61. The normalized spacial score (nSPS) is 13.2. The molecule has 0 saturated carbocycles. The van der Waals surface area contributed by atoms with Gasteiger partial charge in [-0.2, -0.15) is 0 Å². The fraction of sp³-hybridized carbons (Fsp3) is 0.385. The van der Waals surface area contributed by atoms with Crippen LogP contribution in [0.5, 0.6) is 0 Å². The molecule has 0 aliphatic rings. The van der Waals surface area contributed by atoms with E-state index in [1.54, 1.807) is 6.07 Å². The Hall–Kier alpha value is -1.35. The molecule has 0 fully saturated rings. The Morgan fingerprint density at radius 1 is 1.44 bits per heavy atom. The first kappa shape index (κ1) is 11.1. The van der Waals surface area contributed by atoms with Crippen LogP contribution in [0, 0.1) is 5.82 Å². The third-order valence-corrected chi connectivity index (χ3v) is 3.10. The quantitative estimate of drug-likeness (QED) is 0.841. The molecule has 2 nitrogen and oxygen atoms in total. The number of benzene rings is 1. The van der Waals surface area contributed by atoms with Crippen molar-refractivity contribution >= 4 is 10.9 Å². The molecular weight excluding hydrogens is 203 g/mol. The second-order valence-electron chi connectivity index (χ2n) is 4.00. The van der Waals surface area contributed by atoms with Crippen molar-refractivity contribution in [2.24, 2.45) is 0 Å². The van der Waals surface area contributed by atoms with Crippen LogP contribution in [-0.2, 0) is 6.54 Å². The minimum Gasteiger partial charge on any atom is -0.341 e. The molecule has 0 radical (unpaired) electrons. The molecule has 16 heavy (non-hydrogen) atoms. The van der Waals surface area contributed by atoms with E-state index < -0.39 is 0 Å². The molecule has 0 bridgehead atoms. The minimum atomic E-state index is -0.145. The molecule has 0 spiro atoms. The number of nitrogens with one attached hydrogen (secondary N) is 1. The minimum absolute atomic E-state index is 0.145. The summed E-state index contributed by atoms with van der Waals surface area (Å²) < 4.78 is 15.8. The van der Waals surface area contributed by atoms with E-state index in [9.17, 15) is 4.39 Å².